The van der Waals surface area contributed by atoms with Gasteiger partial charge in [-0.15, -0.1) is 13.2 Å². The summed E-state index contributed by atoms with van der Waals surface area (Å²) in [6.07, 6.45) is -2.76. The Balaban J connectivity index is 2.57. The molecular weight excluding hydrogens is 303 g/mol. The maximum Gasteiger partial charge on any atom is 0.573 e. The topological polar surface area (TPSA) is 41.5 Å². The lowest BCUT2D eigenvalue weighted by atomic mass is 10.1. The summed E-state index contributed by atoms with van der Waals surface area (Å²) in [5.41, 5.74) is -0.00279. The maximum absolute atomic E-state index is 12.1. The molecule has 0 bridgehead atoms. The Kier molecular flexibility index (Phi) is 6.37. The molecule has 7 heteroatoms. The molecule has 2 unspecified atom stereocenters. The fourth-order valence-electron chi connectivity index (χ4n) is 1.81. The summed E-state index contributed by atoms with van der Waals surface area (Å²) < 4.78 is 40.0. The number of hydrogen-bond acceptors (Lipinski definition) is 4. The Morgan fingerprint density at radius 3 is 2.33 bits per heavy atom. The third kappa shape index (κ3) is 7.06. The van der Waals surface area contributed by atoms with Crippen LogP contribution in [-0.2, 0) is 0 Å². The van der Waals surface area contributed by atoms with Crippen LogP contribution in [0.5, 0.6) is 5.75 Å². The predicted molar refractivity (Wildman–Crippen MR) is 78.5 cm³/mol. The van der Waals surface area contributed by atoms with Gasteiger partial charge in [0, 0.05) is 18.3 Å². The van der Waals surface area contributed by atoms with Crippen LogP contribution in [0, 0.1) is 0 Å². The molecule has 0 fully saturated rings. The van der Waals surface area contributed by atoms with Crippen molar-refractivity contribution in [2.45, 2.75) is 31.9 Å². The number of halogens is 3. The molecule has 0 aliphatic heterocycles. The normalized spacial score (nSPS) is 16.3. The second-order valence-corrected chi connectivity index (χ2v) is 6.02. The van der Waals surface area contributed by atoms with Gasteiger partial charge in [0.15, 0.2) is 0 Å². The molecule has 1 rings (SSSR count). The molecule has 2 N–H and O–H groups in total. The van der Waals surface area contributed by atoms with Crippen molar-refractivity contribution < 1.29 is 23.0 Å². The van der Waals surface area contributed by atoms with Crippen LogP contribution in [0.25, 0.3) is 0 Å². The average Bonchev–Trinajstić information content (AvgIpc) is 2.35. The lowest BCUT2D eigenvalue weighted by molar-refractivity contribution is -0.274. The van der Waals surface area contributed by atoms with E-state index in [-0.39, 0.29) is 11.8 Å². The SMILES string of the molecule is CSCC(C)(O)CNC(C)c1ccc(OC(F)(F)F)cc1. The van der Waals surface area contributed by atoms with Gasteiger partial charge in [0.1, 0.15) is 5.75 Å². The minimum atomic E-state index is -4.68. The van der Waals surface area contributed by atoms with Gasteiger partial charge in [0.25, 0.3) is 0 Å². The molecule has 0 amide bonds. The Labute approximate surface area is 126 Å². The van der Waals surface area contributed by atoms with Gasteiger partial charge < -0.3 is 15.2 Å². The molecule has 2 atom stereocenters. The lowest BCUT2D eigenvalue weighted by Gasteiger charge is -2.25. The number of nitrogens with one attached hydrogen (secondary N) is 1. The van der Waals surface area contributed by atoms with Crippen molar-refractivity contribution in [1.29, 1.82) is 0 Å². The smallest absolute Gasteiger partial charge is 0.406 e. The number of thioether (sulfide) groups is 1. The number of benzene rings is 1. The van der Waals surface area contributed by atoms with Gasteiger partial charge in [-0.2, -0.15) is 11.8 Å². The second-order valence-electron chi connectivity index (χ2n) is 5.15. The summed E-state index contributed by atoms with van der Waals surface area (Å²) >= 11 is 1.55. The van der Waals surface area contributed by atoms with E-state index in [4.69, 9.17) is 0 Å². The van der Waals surface area contributed by atoms with Gasteiger partial charge in [0.05, 0.1) is 5.60 Å². The number of alkyl halides is 3. The molecule has 0 spiro atoms. The van der Waals surface area contributed by atoms with Crippen LogP contribution in [0.15, 0.2) is 24.3 Å². The average molecular weight is 323 g/mol. The molecule has 120 valence electrons. The van der Waals surface area contributed by atoms with Crippen LogP contribution in [0.4, 0.5) is 13.2 Å². The highest BCUT2D eigenvalue weighted by Crippen LogP contribution is 2.24. The van der Waals surface area contributed by atoms with Gasteiger partial charge in [0.2, 0.25) is 0 Å². The van der Waals surface area contributed by atoms with E-state index in [1.807, 2.05) is 13.2 Å². The fraction of sp³-hybridized carbons (Fsp3) is 0.571. The van der Waals surface area contributed by atoms with E-state index in [1.165, 1.54) is 12.1 Å². The Morgan fingerprint density at radius 2 is 1.86 bits per heavy atom. The number of aliphatic hydroxyl groups is 1. The number of rotatable bonds is 7. The van der Waals surface area contributed by atoms with E-state index in [0.717, 1.165) is 5.56 Å². The van der Waals surface area contributed by atoms with Gasteiger partial charge in [-0.3, -0.25) is 0 Å². The molecule has 0 aromatic heterocycles. The molecule has 0 heterocycles. The zero-order valence-corrected chi connectivity index (χ0v) is 13.0. The molecular formula is C14H20F3NO2S. The Bertz CT molecular complexity index is 435. The lowest BCUT2D eigenvalue weighted by Crippen LogP contribution is -2.40. The van der Waals surface area contributed by atoms with Crippen molar-refractivity contribution in [2.75, 3.05) is 18.6 Å². The van der Waals surface area contributed by atoms with E-state index >= 15 is 0 Å². The first-order valence-electron chi connectivity index (χ1n) is 6.43. The first-order valence-corrected chi connectivity index (χ1v) is 7.83. The zero-order valence-electron chi connectivity index (χ0n) is 12.2. The zero-order chi connectivity index (χ0) is 16.1. The van der Waals surface area contributed by atoms with Crippen LogP contribution in [-0.4, -0.2) is 35.6 Å². The standard InChI is InChI=1S/C14H20F3NO2S/c1-10(18-8-13(2,19)9-21-3)11-4-6-12(7-5-11)20-14(15,16)17/h4-7,10,18-19H,8-9H2,1-3H3. The summed E-state index contributed by atoms with van der Waals surface area (Å²) in [5.74, 6) is 0.360. The van der Waals surface area contributed by atoms with Gasteiger partial charge in [-0.25, -0.2) is 0 Å². The van der Waals surface area contributed by atoms with Gasteiger partial charge in [-0.05, 0) is 37.8 Å². The summed E-state index contributed by atoms with van der Waals surface area (Å²) in [7, 11) is 0. The molecule has 1 aromatic rings. The largest absolute Gasteiger partial charge is 0.573 e. The summed E-state index contributed by atoms with van der Waals surface area (Å²) in [6.45, 7) is 4.02. The highest BCUT2D eigenvalue weighted by Gasteiger charge is 2.31. The van der Waals surface area contributed by atoms with Crippen LogP contribution in [0.3, 0.4) is 0 Å². The summed E-state index contributed by atoms with van der Waals surface area (Å²) in [4.78, 5) is 0. The summed E-state index contributed by atoms with van der Waals surface area (Å²) in [5, 5.41) is 13.2. The molecule has 3 nitrogen and oxygen atoms in total. The first kappa shape index (κ1) is 18.1. The third-order valence-corrected chi connectivity index (χ3v) is 3.77. The third-order valence-electron chi connectivity index (χ3n) is 2.86. The van der Waals surface area contributed by atoms with Crippen molar-refractivity contribution in [3.05, 3.63) is 29.8 Å². The molecule has 21 heavy (non-hydrogen) atoms. The quantitative estimate of drug-likeness (QED) is 0.807. The van der Waals surface area contributed by atoms with Crippen molar-refractivity contribution in [3.8, 4) is 5.75 Å². The molecule has 0 radical (unpaired) electrons. The van der Waals surface area contributed by atoms with E-state index in [9.17, 15) is 18.3 Å². The summed E-state index contributed by atoms with van der Waals surface area (Å²) in [6, 6.07) is 5.62. The van der Waals surface area contributed by atoms with Gasteiger partial charge >= 0.3 is 6.36 Å². The number of hydrogen-bond donors (Lipinski definition) is 2. The Morgan fingerprint density at radius 1 is 1.29 bits per heavy atom. The van der Waals surface area contributed by atoms with Crippen molar-refractivity contribution in [1.82, 2.24) is 5.32 Å². The van der Waals surface area contributed by atoms with Crippen LogP contribution < -0.4 is 10.1 Å². The van der Waals surface area contributed by atoms with E-state index in [1.54, 1.807) is 30.8 Å². The minimum absolute atomic E-state index is 0.0849. The fourth-order valence-corrected chi connectivity index (χ4v) is 2.53. The predicted octanol–water partition coefficient (Wildman–Crippen LogP) is 3.35. The molecule has 0 saturated carbocycles. The van der Waals surface area contributed by atoms with Crippen LogP contribution >= 0.6 is 11.8 Å². The molecule has 0 saturated heterocycles. The highest BCUT2D eigenvalue weighted by molar-refractivity contribution is 7.98. The van der Waals surface area contributed by atoms with E-state index in [0.29, 0.717) is 12.3 Å². The minimum Gasteiger partial charge on any atom is -0.406 e. The maximum atomic E-state index is 12.1. The van der Waals surface area contributed by atoms with E-state index in [2.05, 4.69) is 10.1 Å². The molecule has 0 aliphatic carbocycles. The molecule has 0 aliphatic rings. The van der Waals surface area contributed by atoms with Crippen LogP contribution in [0.2, 0.25) is 0 Å². The van der Waals surface area contributed by atoms with E-state index < -0.39 is 12.0 Å². The number of ether oxygens (including phenoxy) is 1. The van der Waals surface area contributed by atoms with Crippen molar-refractivity contribution >= 4 is 11.8 Å². The van der Waals surface area contributed by atoms with Gasteiger partial charge in [-0.1, -0.05) is 12.1 Å². The van der Waals surface area contributed by atoms with Crippen molar-refractivity contribution in [2.24, 2.45) is 0 Å². The Hall–Kier alpha value is -0.920. The highest BCUT2D eigenvalue weighted by atomic mass is 32.2. The first-order chi connectivity index (χ1) is 9.63. The van der Waals surface area contributed by atoms with Crippen molar-refractivity contribution in [3.63, 3.8) is 0 Å². The second kappa shape index (κ2) is 7.38. The van der Waals surface area contributed by atoms with Crippen LogP contribution in [0.1, 0.15) is 25.5 Å². The molecule has 1 aromatic carbocycles. The monoisotopic (exact) mass is 323 g/mol.